The zero-order valence-electron chi connectivity index (χ0n) is 14.2. The molecule has 0 unspecified atom stereocenters. The number of anilines is 1. The molecule has 1 aliphatic heterocycles. The van der Waals surface area contributed by atoms with Crippen LogP contribution in [-0.2, 0) is 12.8 Å². The lowest BCUT2D eigenvalue weighted by atomic mass is 9.96. The minimum absolute atomic E-state index is 0.418. The third kappa shape index (κ3) is 3.84. The second-order valence-electron chi connectivity index (χ2n) is 6.44. The Kier molecular flexibility index (Phi) is 4.68. The third-order valence-corrected chi connectivity index (χ3v) is 4.74. The van der Waals surface area contributed by atoms with Gasteiger partial charge in [0.25, 0.3) is 0 Å². The molecule has 1 aliphatic rings. The average Bonchev–Trinajstić information content (AvgIpc) is 3.17. The molecule has 0 amide bonds. The van der Waals surface area contributed by atoms with Crippen molar-refractivity contribution in [2.75, 3.05) is 18.0 Å². The van der Waals surface area contributed by atoms with Gasteiger partial charge in [-0.05, 0) is 30.9 Å². The molecular formula is C19H22N6. The number of hydrogen-bond acceptors (Lipinski definition) is 5. The SMILES string of the molecule is c1ccc(CCc2nc(C3CCN(c4ncccn4)CC3)n[nH]2)cc1. The predicted molar refractivity (Wildman–Crippen MR) is 96.5 cm³/mol. The van der Waals surface area contributed by atoms with Crippen LogP contribution >= 0.6 is 0 Å². The largest absolute Gasteiger partial charge is 0.341 e. The van der Waals surface area contributed by atoms with Crippen LogP contribution in [0, 0.1) is 0 Å². The molecule has 128 valence electrons. The van der Waals surface area contributed by atoms with Gasteiger partial charge in [0.05, 0.1) is 0 Å². The molecule has 3 heterocycles. The highest BCUT2D eigenvalue weighted by Crippen LogP contribution is 2.27. The number of nitrogens with one attached hydrogen (secondary N) is 1. The van der Waals surface area contributed by atoms with Gasteiger partial charge in [-0.15, -0.1) is 0 Å². The lowest BCUT2D eigenvalue weighted by Gasteiger charge is -2.30. The minimum Gasteiger partial charge on any atom is -0.341 e. The van der Waals surface area contributed by atoms with Gasteiger partial charge < -0.3 is 4.90 Å². The average molecular weight is 334 g/mol. The van der Waals surface area contributed by atoms with E-state index in [4.69, 9.17) is 4.98 Å². The highest BCUT2D eigenvalue weighted by molar-refractivity contribution is 5.29. The monoisotopic (exact) mass is 334 g/mol. The van der Waals surface area contributed by atoms with E-state index in [0.717, 1.165) is 56.4 Å². The summed E-state index contributed by atoms with van der Waals surface area (Å²) in [5.74, 6) is 3.17. The van der Waals surface area contributed by atoms with Crippen LogP contribution in [-0.4, -0.2) is 38.2 Å². The number of aryl methyl sites for hydroxylation is 2. The zero-order valence-corrected chi connectivity index (χ0v) is 14.2. The lowest BCUT2D eigenvalue weighted by molar-refractivity contribution is 0.481. The van der Waals surface area contributed by atoms with Crippen LogP contribution in [0.15, 0.2) is 48.8 Å². The molecule has 1 aromatic carbocycles. The van der Waals surface area contributed by atoms with Crippen LogP contribution in [0.5, 0.6) is 0 Å². The molecule has 6 heteroatoms. The van der Waals surface area contributed by atoms with Gasteiger partial charge in [0.2, 0.25) is 5.95 Å². The Morgan fingerprint density at radius 2 is 1.72 bits per heavy atom. The first kappa shape index (κ1) is 15.7. The molecule has 1 fully saturated rings. The van der Waals surface area contributed by atoms with Gasteiger partial charge in [0, 0.05) is 37.8 Å². The highest BCUT2D eigenvalue weighted by atomic mass is 15.3. The normalized spacial score (nSPS) is 15.4. The van der Waals surface area contributed by atoms with Crippen molar-refractivity contribution in [1.82, 2.24) is 25.1 Å². The van der Waals surface area contributed by atoms with E-state index in [1.165, 1.54) is 5.56 Å². The summed E-state index contributed by atoms with van der Waals surface area (Å²) in [6.07, 6.45) is 7.54. The molecule has 0 bridgehead atoms. The zero-order chi connectivity index (χ0) is 16.9. The molecule has 0 aliphatic carbocycles. The van der Waals surface area contributed by atoms with Crippen LogP contribution in [0.25, 0.3) is 0 Å². The number of H-pyrrole nitrogens is 1. The van der Waals surface area contributed by atoms with Gasteiger partial charge in [0.15, 0.2) is 5.82 Å². The Labute approximate surface area is 147 Å². The van der Waals surface area contributed by atoms with Crippen LogP contribution in [0.4, 0.5) is 5.95 Å². The number of hydrogen-bond donors (Lipinski definition) is 1. The molecule has 0 radical (unpaired) electrons. The number of nitrogens with zero attached hydrogens (tertiary/aromatic N) is 5. The Balaban J connectivity index is 1.32. The second-order valence-corrected chi connectivity index (χ2v) is 6.44. The molecule has 0 spiro atoms. The van der Waals surface area contributed by atoms with E-state index >= 15 is 0 Å². The van der Waals surface area contributed by atoms with Gasteiger partial charge >= 0.3 is 0 Å². The first-order valence-corrected chi connectivity index (χ1v) is 8.85. The van der Waals surface area contributed by atoms with Crippen LogP contribution < -0.4 is 4.90 Å². The summed E-state index contributed by atoms with van der Waals surface area (Å²) < 4.78 is 0. The Hall–Kier alpha value is -2.76. The summed E-state index contributed by atoms with van der Waals surface area (Å²) in [5, 5.41) is 7.58. The van der Waals surface area contributed by atoms with Crippen molar-refractivity contribution in [2.45, 2.75) is 31.6 Å². The van der Waals surface area contributed by atoms with Crippen molar-refractivity contribution < 1.29 is 0 Å². The quantitative estimate of drug-likeness (QED) is 0.777. The van der Waals surface area contributed by atoms with Crippen molar-refractivity contribution in [3.63, 3.8) is 0 Å². The molecule has 4 rings (SSSR count). The van der Waals surface area contributed by atoms with Gasteiger partial charge in [-0.1, -0.05) is 30.3 Å². The molecular weight excluding hydrogens is 312 g/mol. The number of aromatic nitrogens is 5. The van der Waals surface area contributed by atoms with Crippen molar-refractivity contribution in [3.8, 4) is 0 Å². The van der Waals surface area contributed by atoms with Crippen molar-refractivity contribution in [3.05, 3.63) is 66.0 Å². The fourth-order valence-corrected chi connectivity index (χ4v) is 3.30. The molecule has 3 aromatic rings. The standard InChI is InChI=1S/C19H22N6/c1-2-5-15(6-3-1)7-8-17-22-18(24-23-17)16-9-13-25(14-10-16)19-20-11-4-12-21-19/h1-6,11-12,16H,7-10,13-14H2,(H,22,23,24). The smallest absolute Gasteiger partial charge is 0.225 e. The fourth-order valence-electron chi connectivity index (χ4n) is 3.30. The Morgan fingerprint density at radius 3 is 2.48 bits per heavy atom. The van der Waals surface area contributed by atoms with Gasteiger partial charge in [-0.3, -0.25) is 5.10 Å². The fraction of sp³-hybridized carbons (Fsp3) is 0.368. The summed E-state index contributed by atoms with van der Waals surface area (Å²) in [6.45, 7) is 1.89. The van der Waals surface area contributed by atoms with E-state index in [1.807, 2.05) is 12.1 Å². The Morgan fingerprint density at radius 1 is 0.960 bits per heavy atom. The van der Waals surface area contributed by atoms with Crippen LogP contribution in [0.2, 0.25) is 0 Å². The van der Waals surface area contributed by atoms with Gasteiger partial charge in [-0.25, -0.2) is 15.0 Å². The molecule has 0 atom stereocenters. The summed E-state index contributed by atoms with van der Waals surface area (Å²) in [7, 11) is 0. The number of piperidine rings is 1. The maximum atomic E-state index is 4.73. The maximum absolute atomic E-state index is 4.73. The summed E-state index contributed by atoms with van der Waals surface area (Å²) >= 11 is 0. The number of rotatable bonds is 5. The maximum Gasteiger partial charge on any atom is 0.225 e. The van der Waals surface area contributed by atoms with E-state index < -0.39 is 0 Å². The Bertz CT molecular complexity index is 778. The van der Waals surface area contributed by atoms with Crippen molar-refractivity contribution >= 4 is 5.95 Å². The first-order chi connectivity index (χ1) is 12.4. The predicted octanol–water partition coefficient (Wildman–Crippen LogP) is 2.76. The second kappa shape index (κ2) is 7.42. The van der Waals surface area contributed by atoms with Crippen molar-refractivity contribution in [2.24, 2.45) is 0 Å². The topological polar surface area (TPSA) is 70.6 Å². The van der Waals surface area contributed by atoms with Crippen LogP contribution in [0.1, 0.15) is 36.0 Å². The lowest BCUT2D eigenvalue weighted by Crippen LogP contribution is -2.34. The number of aromatic amines is 1. The third-order valence-electron chi connectivity index (χ3n) is 4.74. The molecule has 2 aromatic heterocycles. The van der Waals surface area contributed by atoms with Gasteiger partial charge in [0.1, 0.15) is 5.82 Å². The minimum atomic E-state index is 0.418. The van der Waals surface area contributed by atoms with E-state index in [9.17, 15) is 0 Å². The molecule has 1 saturated heterocycles. The van der Waals surface area contributed by atoms with E-state index in [1.54, 1.807) is 12.4 Å². The summed E-state index contributed by atoms with van der Waals surface area (Å²) in [4.78, 5) is 15.6. The van der Waals surface area contributed by atoms with E-state index in [2.05, 4.69) is 49.3 Å². The van der Waals surface area contributed by atoms with Crippen LogP contribution in [0.3, 0.4) is 0 Å². The first-order valence-electron chi connectivity index (χ1n) is 8.85. The number of benzene rings is 1. The van der Waals surface area contributed by atoms with Gasteiger partial charge in [-0.2, -0.15) is 5.10 Å². The molecule has 25 heavy (non-hydrogen) atoms. The molecule has 6 nitrogen and oxygen atoms in total. The van der Waals surface area contributed by atoms with Crippen molar-refractivity contribution in [1.29, 1.82) is 0 Å². The highest BCUT2D eigenvalue weighted by Gasteiger charge is 2.24. The summed E-state index contributed by atoms with van der Waals surface area (Å²) in [6, 6.07) is 12.3. The molecule has 1 N–H and O–H groups in total. The van der Waals surface area contributed by atoms with E-state index in [0.29, 0.717) is 5.92 Å². The van der Waals surface area contributed by atoms with E-state index in [-0.39, 0.29) is 0 Å². The summed E-state index contributed by atoms with van der Waals surface area (Å²) in [5.41, 5.74) is 1.33. The molecule has 0 saturated carbocycles.